The molecule has 1 aromatic rings. The van der Waals surface area contributed by atoms with E-state index < -0.39 is 16.0 Å². The second-order valence-corrected chi connectivity index (χ2v) is 7.89. The molecule has 9 heteroatoms. The minimum Gasteiger partial charge on any atom is -0.465 e. The van der Waals surface area contributed by atoms with Gasteiger partial charge in [-0.15, -0.1) is 12.4 Å². The molecular formula is C14H23ClN2O5S. The van der Waals surface area contributed by atoms with E-state index in [4.69, 9.17) is 10.2 Å². The van der Waals surface area contributed by atoms with Gasteiger partial charge in [0.05, 0.1) is 7.11 Å². The van der Waals surface area contributed by atoms with E-state index in [0.29, 0.717) is 26.1 Å². The van der Waals surface area contributed by atoms with Gasteiger partial charge in [0.15, 0.2) is 0 Å². The van der Waals surface area contributed by atoms with Gasteiger partial charge in [-0.25, -0.2) is 13.2 Å². The normalized spacial score (nSPS) is 22.0. The van der Waals surface area contributed by atoms with Gasteiger partial charge in [-0.1, -0.05) is 6.92 Å². The van der Waals surface area contributed by atoms with Crippen molar-refractivity contribution in [1.82, 2.24) is 4.31 Å². The molecule has 23 heavy (non-hydrogen) atoms. The minimum absolute atomic E-state index is 0. The van der Waals surface area contributed by atoms with Crippen molar-refractivity contribution in [3.63, 3.8) is 0 Å². The zero-order valence-corrected chi connectivity index (χ0v) is 15.3. The first kappa shape index (κ1) is 20.0. The zero-order chi connectivity index (χ0) is 16.7. The number of hydrogen-bond donors (Lipinski definition) is 1. The van der Waals surface area contributed by atoms with Crippen LogP contribution < -0.4 is 5.73 Å². The maximum absolute atomic E-state index is 12.9. The molecule has 1 aliphatic heterocycles. The van der Waals surface area contributed by atoms with Crippen LogP contribution in [0.2, 0.25) is 0 Å². The van der Waals surface area contributed by atoms with Crippen LogP contribution in [-0.2, 0) is 14.8 Å². The highest BCUT2D eigenvalue weighted by molar-refractivity contribution is 7.89. The van der Waals surface area contributed by atoms with Gasteiger partial charge in [-0.2, -0.15) is 4.31 Å². The molecule has 0 aromatic carbocycles. The van der Waals surface area contributed by atoms with Crippen LogP contribution >= 0.6 is 12.4 Å². The second kappa shape index (κ2) is 6.80. The molecular weight excluding hydrogens is 344 g/mol. The van der Waals surface area contributed by atoms with Crippen LogP contribution in [-0.4, -0.2) is 45.4 Å². The molecule has 2 N–H and O–H groups in total. The van der Waals surface area contributed by atoms with Crippen molar-refractivity contribution in [3.8, 4) is 0 Å². The van der Waals surface area contributed by atoms with Crippen molar-refractivity contribution in [1.29, 1.82) is 0 Å². The van der Waals surface area contributed by atoms with Gasteiger partial charge in [0.1, 0.15) is 22.0 Å². The van der Waals surface area contributed by atoms with Gasteiger partial charge >= 0.3 is 5.97 Å². The molecule has 2 heterocycles. The number of carbonyl (C=O) groups is 1. The summed E-state index contributed by atoms with van der Waals surface area (Å²) in [5.41, 5.74) is 5.46. The third-order valence-corrected chi connectivity index (χ3v) is 6.21. The van der Waals surface area contributed by atoms with Crippen LogP contribution in [0.25, 0.3) is 0 Å². The Morgan fingerprint density at radius 2 is 2.00 bits per heavy atom. The third kappa shape index (κ3) is 3.40. The maximum Gasteiger partial charge on any atom is 0.342 e. The number of ether oxygens (including phenoxy) is 1. The molecule has 7 nitrogen and oxygen atoms in total. The van der Waals surface area contributed by atoms with E-state index in [2.05, 4.69) is 4.74 Å². The van der Waals surface area contributed by atoms with E-state index in [1.807, 2.05) is 6.92 Å². The van der Waals surface area contributed by atoms with E-state index in [9.17, 15) is 13.2 Å². The molecule has 1 saturated heterocycles. The second-order valence-electron chi connectivity index (χ2n) is 6.01. The smallest absolute Gasteiger partial charge is 0.342 e. The summed E-state index contributed by atoms with van der Waals surface area (Å²) in [7, 11) is -2.62. The van der Waals surface area contributed by atoms with E-state index in [0.717, 1.165) is 0 Å². The average Bonchev–Trinajstić information content (AvgIpc) is 3.00. The number of hydrogen-bond acceptors (Lipinski definition) is 6. The number of esters is 1. The monoisotopic (exact) mass is 366 g/mol. The number of furan rings is 1. The summed E-state index contributed by atoms with van der Waals surface area (Å²) in [5, 5.41) is 0. The molecule has 1 aliphatic rings. The van der Waals surface area contributed by atoms with Crippen LogP contribution in [0.3, 0.4) is 0 Å². The lowest BCUT2D eigenvalue weighted by atomic mass is 9.90. The molecule has 0 bridgehead atoms. The summed E-state index contributed by atoms with van der Waals surface area (Å²) in [4.78, 5) is 11.8. The lowest BCUT2D eigenvalue weighted by molar-refractivity contribution is 0.0594. The Morgan fingerprint density at radius 3 is 2.48 bits per heavy atom. The zero-order valence-electron chi connectivity index (χ0n) is 13.7. The summed E-state index contributed by atoms with van der Waals surface area (Å²) in [6.45, 7) is 6.15. The molecule has 0 saturated carbocycles. The molecule has 2 rings (SSSR count). The van der Waals surface area contributed by atoms with Crippen molar-refractivity contribution < 1.29 is 22.4 Å². The van der Waals surface area contributed by atoms with Crippen LogP contribution in [0.4, 0.5) is 0 Å². The molecule has 0 aliphatic carbocycles. The number of methoxy groups -OCH3 is 1. The maximum atomic E-state index is 12.9. The fraction of sp³-hybridized carbons (Fsp3) is 0.643. The molecule has 0 amide bonds. The molecule has 132 valence electrons. The minimum atomic E-state index is -3.83. The Bertz CT molecular complexity index is 700. The standard InChI is InChI=1S/C14H22N2O5S.ClH/c1-9-11(13(17)20-4)12(10(2)21-9)22(18,19)16-6-5-14(3,7-15)8-16;/h5-8,15H2,1-4H3;1H. The van der Waals surface area contributed by atoms with Gasteiger partial charge < -0.3 is 14.9 Å². The summed E-state index contributed by atoms with van der Waals surface area (Å²) in [5.74, 6) is -0.281. The number of halogens is 1. The lowest BCUT2D eigenvalue weighted by Gasteiger charge is -2.22. The molecule has 0 radical (unpaired) electrons. The first-order chi connectivity index (χ1) is 10.2. The number of carbonyl (C=O) groups excluding carboxylic acids is 1. The third-order valence-electron chi connectivity index (χ3n) is 4.21. The topological polar surface area (TPSA) is 103 Å². The Kier molecular flexibility index (Phi) is 5.90. The first-order valence-electron chi connectivity index (χ1n) is 7.05. The number of nitrogens with two attached hydrogens (primary N) is 1. The highest BCUT2D eigenvalue weighted by atomic mass is 35.5. The van der Waals surface area contributed by atoms with Gasteiger partial charge in [-0.05, 0) is 32.2 Å². The fourth-order valence-electron chi connectivity index (χ4n) is 2.79. The Hall–Kier alpha value is -1.09. The van der Waals surface area contributed by atoms with E-state index >= 15 is 0 Å². The van der Waals surface area contributed by atoms with Gasteiger partial charge in [0, 0.05) is 13.1 Å². The number of nitrogens with zero attached hydrogens (tertiary/aromatic N) is 1. The van der Waals surface area contributed by atoms with Gasteiger partial charge in [0.2, 0.25) is 10.0 Å². The van der Waals surface area contributed by atoms with Gasteiger partial charge in [0.25, 0.3) is 0 Å². The van der Waals surface area contributed by atoms with Crippen LogP contribution in [0, 0.1) is 19.3 Å². The summed E-state index contributed by atoms with van der Waals surface area (Å²) in [6.07, 6.45) is 0.687. The predicted octanol–water partition coefficient (Wildman–Crippen LogP) is 1.46. The van der Waals surface area contributed by atoms with Crippen molar-refractivity contribution >= 4 is 28.4 Å². The molecule has 0 spiro atoms. The number of rotatable bonds is 4. The fourth-order valence-corrected chi connectivity index (χ4v) is 4.75. The van der Waals surface area contributed by atoms with Crippen molar-refractivity contribution in [2.75, 3.05) is 26.7 Å². The SMILES string of the molecule is COC(=O)c1c(C)oc(C)c1S(=O)(=O)N1CCC(C)(CN)C1.Cl. The number of aryl methyl sites for hydroxylation is 2. The molecule has 1 fully saturated rings. The van der Waals surface area contributed by atoms with Crippen LogP contribution in [0.5, 0.6) is 0 Å². The quantitative estimate of drug-likeness (QED) is 0.809. The van der Waals surface area contributed by atoms with E-state index in [-0.39, 0.29) is 39.8 Å². The predicted molar refractivity (Wildman–Crippen MR) is 87.3 cm³/mol. The summed E-state index contributed by atoms with van der Waals surface area (Å²) >= 11 is 0. The van der Waals surface area contributed by atoms with E-state index in [1.165, 1.54) is 18.3 Å². The number of sulfonamides is 1. The summed E-state index contributed by atoms with van der Waals surface area (Å²) in [6, 6.07) is 0. The van der Waals surface area contributed by atoms with Crippen LogP contribution in [0.15, 0.2) is 9.31 Å². The Labute approximate surface area is 142 Å². The van der Waals surface area contributed by atoms with Crippen LogP contribution in [0.1, 0.15) is 35.2 Å². The highest BCUT2D eigenvalue weighted by Gasteiger charge is 2.42. The summed E-state index contributed by atoms with van der Waals surface area (Å²) < 4.78 is 37.3. The van der Waals surface area contributed by atoms with Crippen molar-refractivity contribution in [2.45, 2.75) is 32.1 Å². The highest BCUT2D eigenvalue weighted by Crippen LogP contribution is 2.36. The largest absolute Gasteiger partial charge is 0.465 e. The Morgan fingerprint density at radius 1 is 1.39 bits per heavy atom. The average molecular weight is 367 g/mol. The van der Waals surface area contributed by atoms with Crippen molar-refractivity contribution in [2.24, 2.45) is 11.1 Å². The van der Waals surface area contributed by atoms with Crippen molar-refractivity contribution in [3.05, 3.63) is 17.1 Å². The molecule has 1 unspecified atom stereocenters. The first-order valence-corrected chi connectivity index (χ1v) is 8.49. The molecule has 1 atom stereocenters. The van der Waals surface area contributed by atoms with E-state index in [1.54, 1.807) is 6.92 Å². The Balaban J connectivity index is 0.00000264. The van der Waals surface area contributed by atoms with Gasteiger partial charge in [-0.3, -0.25) is 0 Å². The lowest BCUT2D eigenvalue weighted by Crippen LogP contribution is -2.35. The molecule has 1 aromatic heterocycles.